The van der Waals surface area contributed by atoms with Gasteiger partial charge in [-0.3, -0.25) is 13.8 Å². The van der Waals surface area contributed by atoms with E-state index >= 15 is 0 Å². The van der Waals surface area contributed by atoms with Gasteiger partial charge in [0.05, 0.1) is 25.4 Å². The number of allylic oxidation sites excluding steroid dienone is 1. The van der Waals surface area contributed by atoms with Crippen LogP contribution in [0.5, 0.6) is 0 Å². The van der Waals surface area contributed by atoms with Gasteiger partial charge in [0.2, 0.25) is 5.91 Å². The first kappa shape index (κ1) is 46.2. The number of aliphatic hydroxyl groups is 1. The van der Waals surface area contributed by atoms with Gasteiger partial charge in [0, 0.05) is 13.0 Å². The maximum Gasteiger partial charge on any atom is 0.472 e. The highest BCUT2D eigenvalue weighted by Gasteiger charge is 2.26. The normalized spacial score (nSPS) is 14.4. The first-order valence-electron chi connectivity index (χ1n) is 19.8. The van der Waals surface area contributed by atoms with Crippen molar-refractivity contribution in [3.05, 3.63) is 12.2 Å². The molecule has 0 spiro atoms. The molecule has 0 aromatic heterocycles. The smallest absolute Gasteiger partial charge is 0.387 e. The Morgan fingerprint density at radius 3 is 1.51 bits per heavy atom. The largest absolute Gasteiger partial charge is 0.472 e. The van der Waals surface area contributed by atoms with E-state index in [-0.39, 0.29) is 25.7 Å². The highest BCUT2D eigenvalue weighted by Crippen LogP contribution is 2.43. The zero-order chi connectivity index (χ0) is 34.7. The number of phosphoric acid groups is 1. The van der Waals surface area contributed by atoms with E-state index < -0.39 is 20.0 Å². The monoisotopic (exact) mass is 689 g/mol. The molecule has 0 aromatic carbocycles. The van der Waals surface area contributed by atoms with E-state index in [0.29, 0.717) is 6.42 Å². The van der Waals surface area contributed by atoms with Gasteiger partial charge in [-0.25, -0.2) is 4.57 Å². The Hall–Kier alpha value is -0.760. The van der Waals surface area contributed by atoms with Crippen molar-refractivity contribution in [3.8, 4) is 0 Å². The Labute approximate surface area is 290 Å². The molecule has 0 aliphatic rings. The summed E-state index contributed by atoms with van der Waals surface area (Å²) in [4.78, 5) is 22.6. The van der Waals surface area contributed by atoms with Crippen LogP contribution in [0.15, 0.2) is 12.2 Å². The second-order valence-electron chi connectivity index (χ2n) is 13.5. The summed E-state index contributed by atoms with van der Waals surface area (Å²) in [5, 5.41) is 13.6. The van der Waals surface area contributed by atoms with Crippen LogP contribution in [0.2, 0.25) is 0 Å². The number of phosphoric ester groups is 1. The number of rotatable bonds is 37. The fraction of sp³-hybridized carbons (Fsp3) is 0.921. The number of aliphatic hydroxyl groups excluding tert-OH is 1. The molecule has 0 saturated carbocycles. The number of hydrogen-bond acceptors (Lipinski definition) is 6. The highest BCUT2D eigenvalue weighted by atomic mass is 31.2. The third kappa shape index (κ3) is 33.5. The Bertz CT molecular complexity index is 754. The number of hydrogen-bond donors (Lipinski definition) is 4. The number of nitrogens with two attached hydrogens (primary N) is 1. The van der Waals surface area contributed by atoms with E-state index in [1.165, 1.54) is 135 Å². The second kappa shape index (κ2) is 35.1. The van der Waals surface area contributed by atoms with Gasteiger partial charge < -0.3 is 21.1 Å². The molecule has 0 fully saturated rings. The standard InChI is InChI=1S/C38H77N2O6P/c1-3-5-7-9-11-13-15-17-18-19-20-21-23-25-27-29-31-37(41)36(35-46-47(43,44)45-34-33-39)40-38(42)32-30-28-26-24-22-16-14-12-10-8-6-4-2/h29,31,36-37,41H,3-28,30,32-35,39H2,1-2H3,(H,40,42)(H,43,44)/b31-29+/t36-,37+/m0/s1. The van der Waals surface area contributed by atoms with Crippen LogP contribution < -0.4 is 11.1 Å². The zero-order valence-electron chi connectivity index (χ0n) is 30.8. The van der Waals surface area contributed by atoms with Gasteiger partial charge in [-0.1, -0.05) is 180 Å². The summed E-state index contributed by atoms with van der Waals surface area (Å²) in [5.41, 5.74) is 5.36. The number of nitrogens with one attached hydrogen (secondary N) is 1. The van der Waals surface area contributed by atoms with Crippen molar-refractivity contribution in [1.29, 1.82) is 0 Å². The lowest BCUT2D eigenvalue weighted by atomic mass is 10.0. The molecule has 3 atom stereocenters. The zero-order valence-corrected chi connectivity index (χ0v) is 31.7. The summed E-state index contributed by atoms with van der Waals surface area (Å²) in [6, 6.07) is -0.852. The molecule has 0 aromatic rings. The molecule has 1 unspecified atom stereocenters. The molecule has 1 amide bonds. The van der Waals surface area contributed by atoms with Gasteiger partial charge in [0.1, 0.15) is 0 Å². The minimum absolute atomic E-state index is 0.0811. The molecule has 0 rings (SSSR count). The van der Waals surface area contributed by atoms with Crippen molar-refractivity contribution in [3.63, 3.8) is 0 Å². The van der Waals surface area contributed by atoms with Gasteiger partial charge in [-0.15, -0.1) is 0 Å². The average molecular weight is 689 g/mol. The van der Waals surface area contributed by atoms with Crippen LogP contribution in [0, 0.1) is 0 Å². The Morgan fingerprint density at radius 2 is 1.09 bits per heavy atom. The minimum atomic E-state index is -4.33. The van der Waals surface area contributed by atoms with Crippen LogP contribution in [0.3, 0.4) is 0 Å². The first-order chi connectivity index (χ1) is 22.9. The number of carbonyl (C=O) groups is 1. The van der Waals surface area contributed by atoms with E-state index in [2.05, 4.69) is 19.2 Å². The molecule has 0 radical (unpaired) electrons. The Kier molecular flexibility index (Phi) is 34.5. The molecule has 0 aliphatic carbocycles. The molecule has 47 heavy (non-hydrogen) atoms. The molecule has 0 bridgehead atoms. The van der Waals surface area contributed by atoms with Crippen LogP contribution in [0.25, 0.3) is 0 Å². The van der Waals surface area contributed by atoms with Crippen molar-refractivity contribution < 1.29 is 28.4 Å². The number of amides is 1. The van der Waals surface area contributed by atoms with Crippen LogP contribution >= 0.6 is 7.82 Å². The SMILES string of the molecule is CCCCCCCCCCCCCCCC/C=C/[C@@H](O)[C@H](COP(=O)(O)OCCN)NC(=O)CCCCCCCCCCCCCC. The summed E-state index contributed by atoms with van der Waals surface area (Å²) in [7, 11) is -4.33. The van der Waals surface area contributed by atoms with Gasteiger partial charge in [-0.2, -0.15) is 0 Å². The average Bonchev–Trinajstić information content (AvgIpc) is 3.05. The van der Waals surface area contributed by atoms with E-state index in [4.69, 9.17) is 14.8 Å². The van der Waals surface area contributed by atoms with E-state index in [1.807, 2.05) is 6.08 Å². The van der Waals surface area contributed by atoms with Crippen LogP contribution in [-0.4, -0.2) is 47.8 Å². The maximum atomic E-state index is 12.7. The highest BCUT2D eigenvalue weighted by molar-refractivity contribution is 7.47. The van der Waals surface area contributed by atoms with E-state index in [1.54, 1.807) is 6.08 Å². The van der Waals surface area contributed by atoms with Gasteiger partial charge in [0.15, 0.2) is 0 Å². The maximum absolute atomic E-state index is 12.7. The van der Waals surface area contributed by atoms with Crippen LogP contribution in [-0.2, 0) is 18.4 Å². The molecule has 8 nitrogen and oxygen atoms in total. The quantitative estimate of drug-likeness (QED) is 0.0290. The van der Waals surface area contributed by atoms with Crippen molar-refractivity contribution in [1.82, 2.24) is 5.32 Å². The van der Waals surface area contributed by atoms with Gasteiger partial charge >= 0.3 is 7.82 Å². The lowest BCUT2D eigenvalue weighted by Gasteiger charge is -2.23. The van der Waals surface area contributed by atoms with Crippen molar-refractivity contribution >= 4 is 13.7 Å². The second-order valence-corrected chi connectivity index (χ2v) is 15.0. The molecule has 5 N–H and O–H groups in total. The third-order valence-corrected chi connectivity index (χ3v) is 9.85. The van der Waals surface area contributed by atoms with Crippen molar-refractivity contribution in [2.24, 2.45) is 5.73 Å². The van der Waals surface area contributed by atoms with Crippen LogP contribution in [0.4, 0.5) is 0 Å². The molecule has 9 heteroatoms. The number of carbonyl (C=O) groups excluding carboxylic acids is 1. The van der Waals surface area contributed by atoms with E-state index in [9.17, 15) is 19.4 Å². The Balaban J connectivity index is 4.27. The van der Waals surface area contributed by atoms with Crippen molar-refractivity contribution in [2.75, 3.05) is 19.8 Å². The van der Waals surface area contributed by atoms with Crippen LogP contribution in [0.1, 0.15) is 194 Å². The molecule has 0 saturated heterocycles. The lowest BCUT2D eigenvalue weighted by Crippen LogP contribution is -2.45. The minimum Gasteiger partial charge on any atom is -0.387 e. The van der Waals surface area contributed by atoms with E-state index in [0.717, 1.165) is 38.5 Å². The van der Waals surface area contributed by atoms with Crippen molar-refractivity contribution in [2.45, 2.75) is 206 Å². The first-order valence-corrected chi connectivity index (χ1v) is 21.3. The molecule has 0 heterocycles. The summed E-state index contributed by atoms with van der Waals surface area (Å²) in [6.07, 6.45) is 36.8. The lowest BCUT2D eigenvalue weighted by molar-refractivity contribution is -0.123. The van der Waals surface area contributed by atoms with Gasteiger partial charge in [0.25, 0.3) is 0 Å². The summed E-state index contributed by atoms with van der Waals surface area (Å²) in [6.45, 7) is 4.13. The predicted molar refractivity (Wildman–Crippen MR) is 198 cm³/mol. The topological polar surface area (TPSA) is 131 Å². The fourth-order valence-corrected chi connectivity index (χ4v) is 6.60. The van der Waals surface area contributed by atoms with Gasteiger partial charge in [-0.05, 0) is 19.3 Å². The fourth-order valence-electron chi connectivity index (χ4n) is 5.84. The Morgan fingerprint density at radius 1 is 0.681 bits per heavy atom. The third-order valence-electron chi connectivity index (χ3n) is 8.86. The molecule has 0 aliphatic heterocycles. The predicted octanol–water partition coefficient (Wildman–Crippen LogP) is 10.4. The number of unbranched alkanes of at least 4 members (excludes halogenated alkanes) is 25. The summed E-state index contributed by atoms with van der Waals surface area (Å²) < 4.78 is 22.0. The summed E-state index contributed by atoms with van der Waals surface area (Å²) in [5.74, 6) is -0.194. The molecular weight excluding hydrogens is 611 g/mol. The molecular formula is C38H77N2O6P. The summed E-state index contributed by atoms with van der Waals surface area (Å²) >= 11 is 0. The molecule has 280 valence electrons.